The highest BCUT2D eigenvalue weighted by Gasteiger charge is 2.37. The molecule has 2 nitrogen and oxygen atoms in total. The largest absolute Gasteiger partial charge is 0.425 e. The SMILES string of the molecule is Cc1ccc(C2C(=O)Oc3c(C(C)C)cc(C(C)C)cc32)cc1C. The Kier molecular flexibility index (Phi) is 4.25. The smallest absolute Gasteiger partial charge is 0.323 e. The Labute approximate surface area is 144 Å². The van der Waals surface area contributed by atoms with Crippen molar-refractivity contribution in [2.75, 3.05) is 0 Å². The molecule has 1 aliphatic heterocycles. The fourth-order valence-corrected chi connectivity index (χ4v) is 3.34. The second kappa shape index (κ2) is 6.08. The molecule has 2 heteroatoms. The molecular formula is C22H26O2. The van der Waals surface area contributed by atoms with Crippen LogP contribution in [0.5, 0.6) is 5.75 Å². The van der Waals surface area contributed by atoms with Crippen LogP contribution in [0.15, 0.2) is 30.3 Å². The molecule has 24 heavy (non-hydrogen) atoms. The summed E-state index contributed by atoms with van der Waals surface area (Å²) in [6.45, 7) is 12.9. The molecular weight excluding hydrogens is 296 g/mol. The zero-order valence-corrected chi connectivity index (χ0v) is 15.4. The number of carbonyl (C=O) groups is 1. The van der Waals surface area contributed by atoms with Crippen molar-refractivity contribution in [1.82, 2.24) is 0 Å². The number of hydrogen-bond donors (Lipinski definition) is 0. The van der Waals surface area contributed by atoms with E-state index in [1.54, 1.807) is 0 Å². The van der Waals surface area contributed by atoms with Crippen LogP contribution in [-0.4, -0.2) is 5.97 Å². The maximum atomic E-state index is 12.7. The molecule has 0 fully saturated rings. The first-order valence-corrected chi connectivity index (χ1v) is 8.76. The fourth-order valence-electron chi connectivity index (χ4n) is 3.34. The minimum atomic E-state index is -0.310. The standard InChI is InChI=1S/C22H26O2/c1-12(2)17-10-18(13(3)4)21-19(11-17)20(22(23)24-21)16-8-7-14(5)15(6)9-16/h7-13,20H,1-6H3. The van der Waals surface area contributed by atoms with E-state index in [0.29, 0.717) is 11.8 Å². The van der Waals surface area contributed by atoms with E-state index in [1.807, 2.05) is 0 Å². The lowest BCUT2D eigenvalue weighted by molar-refractivity contribution is -0.133. The molecule has 0 radical (unpaired) electrons. The number of fused-ring (bicyclic) bond motifs is 1. The molecule has 0 amide bonds. The third-order valence-electron chi connectivity index (χ3n) is 5.07. The molecule has 1 unspecified atom stereocenters. The Balaban J connectivity index is 2.20. The summed E-state index contributed by atoms with van der Waals surface area (Å²) in [6, 6.07) is 10.6. The molecule has 0 saturated heterocycles. The lowest BCUT2D eigenvalue weighted by Crippen LogP contribution is -2.11. The minimum absolute atomic E-state index is 0.156. The van der Waals surface area contributed by atoms with Gasteiger partial charge in [0.25, 0.3) is 0 Å². The van der Waals surface area contributed by atoms with Crippen molar-refractivity contribution < 1.29 is 9.53 Å². The van der Waals surface area contributed by atoms with Crippen LogP contribution >= 0.6 is 0 Å². The van der Waals surface area contributed by atoms with E-state index in [4.69, 9.17) is 4.74 Å². The Morgan fingerprint density at radius 3 is 2.21 bits per heavy atom. The summed E-state index contributed by atoms with van der Waals surface area (Å²) >= 11 is 0. The summed E-state index contributed by atoms with van der Waals surface area (Å²) in [5.41, 5.74) is 6.90. The first-order valence-electron chi connectivity index (χ1n) is 8.76. The van der Waals surface area contributed by atoms with Gasteiger partial charge in [-0.1, -0.05) is 58.0 Å². The van der Waals surface area contributed by atoms with E-state index < -0.39 is 0 Å². The molecule has 0 saturated carbocycles. The molecule has 2 aromatic carbocycles. The molecule has 0 N–H and O–H groups in total. The molecule has 1 heterocycles. The number of carbonyl (C=O) groups excluding carboxylic acids is 1. The summed E-state index contributed by atoms with van der Waals surface area (Å²) in [5, 5.41) is 0. The molecule has 0 spiro atoms. The highest BCUT2D eigenvalue weighted by atomic mass is 16.5. The van der Waals surface area contributed by atoms with Crippen molar-refractivity contribution in [3.63, 3.8) is 0 Å². The van der Waals surface area contributed by atoms with E-state index >= 15 is 0 Å². The first-order chi connectivity index (χ1) is 11.3. The van der Waals surface area contributed by atoms with Crippen molar-refractivity contribution in [3.05, 3.63) is 63.7 Å². The van der Waals surface area contributed by atoms with Crippen LogP contribution < -0.4 is 4.74 Å². The molecule has 3 rings (SSSR count). The summed E-state index contributed by atoms with van der Waals surface area (Å²) < 4.78 is 5.73. The van der Waals surface area contributed by atoms with Gasteiger partial charge in [0.15, 0.2) is 0 Å². The van der Waals surface area contributed by atoms with Gasteiger partial charge in [-0.3, -0.25) is 4.79 Å². The number of aryl methyl sites for hydroxylation is 2. The zero-order chi connectivity index (χ0) is 17.6. The van der Waals surface area contributed by atoms with Crippen LogP contribution in [0.1, 0.15) is 78.8 Å². The number of ether oxygens (including phenoxy) is 1. The lowest BCUT2D eigenvalue weighted by atomic mass is 9.85. The Morgan fingerprint density at radius 1 is 0.917 bits per heavy atom. The van der Waals surface area contributed by atoms with Gasteiger partial charge in [0.1, 0.15) is 11.7 Å². The summed E-state index contributed by atoms with van der Waals surface area (Å²) in [4.78, 5) is 12.7. The first kappa shape index (κ1) is 16.8. The normalized spacial score (nSPS) is 16.7. The summed E-state index contributed by atoms with van der Waals surface area (Å²) in [5.74, 6) is 1.06. The van der Waals surface area contributed by atoms with E-state index in [9.17, 15) is 4.79 Å². The van der Waals surface area contributed by atoms with Crippen LogP contribution in [0.25, 0.3) is 0 Å². The van der Waals surface area contributed by atoms with Gasteiger partial charge in [-0.25, -0.2) is 0 Å². The Morgan fingerprint density at radius 2 is 1.62 bits per heavy atom. The van der Waals surface area contributed by atoms with E-state index in [2.05, 4.69) is 71.9 Å². The van der Waals surface area contributed by atoms with Crippen molar-refractivity contribution in [1.29, 1.82) is 0 Å². The maximum absolute atomic E-state index is 12.7. The maximum Gasteiger partial charge on any atom is 0.323 e. The molecule has 126 valence electrons. The predicted molar refractivity (Wildman–Crippen MR) is 98.0 cm³/mol. The average molecular weight is 322 g/mol. The quantitative estimate of drug-likeness (QED) is 0.543. The molecule has 1 atom stereocenters. The second-order valence-electron chi connectivity index (χ2n) is 7.54. The van der Waals surface area contributed by atoms with Gasteiger partial charge in [-0.15, -0.1) is 0 Å². The van der Waals surface area contributed by atoms with Gasteiger partial charge in [-0.05, 0) is 53.5 Å². The van der Waals surface area contributed by atoms with Gasteiger partial charge < -0.3 is 4.74 Å². The fraction of sp³-hybridized carbons (Fsp3) is 0.409. The summed E-state index contributed by atoms with van der Waals surface area (Å²) in [6.07, 6.45) is 0. The van der Waals surface area contributed by atoms with E-state index in [-0.39, 0.29) is 11.9 Å². The van der Waals surface area contributed by atoms with Gasteiger partial charge in [0.2, 0.25) is 0 Å². The van der Waals surface area contributed by atoms with Crippen molar-refractivity contribution in [3.8, 4) is 5.75 Å². The third kappa shape index (κ3) is 2.75. The number of hydrogen-bond acceptors (Lipinski definition) is 2. The van der Waals surface area contributed by atoms with Crippen molar-refractivity contribution in [2.45, 2.75) is 59.3 Å². The number of rotatable bonds is 3. The van der Waals surface area contributed by atoms with Gasteiger partial charge >= 0.3 is 5.97 Å². The second-order valence-corrected chi connectivity index (χ2v) is 7.54. The molecule has 0 aromatic heterocycles. The Hall–Kier alpha value is -2.09. The lowest BCUT2D eigenvalue weighted by Gasteiger charge is -2.16. The van der Waals surface area contributed by atoms with Crippen molar-refractivity contribution >= 4 is 5.97 Å². The van der Waals surface area contributed by atoms with Crippen LogP contribution in [0, 0.1) is 13.8 Å². The van der Waals surface area contributed by atoms with Crippen LogP contribution in [0.3, 0.4) is 0 Å². The van der Waals surface area contributed by atoms with Gasteiger partial charge in [0, 0.05) is 5.56 Å². The van der Waals surface area contributed by atoms with Crippen LogP contribution in [0.2, 0.25) is 0 Å². The van der Waals surface area contributed by atoms with E-state index in [0.717, 1.165) is 22.4 Å². The molecule has 2 aromatic rings. The predicted octanol–water partition coefficient (Wildman–Crippen LogP) is 5.60. The molecule has 1 aliphatic rings. The number of esters is 1. The van der Waals surface area contributed by atoms with Crippen LogP contribution in [-0.2, 0) is 4.79 Å². The average Bonchev–Trinajstić information content (AvgIpc) is 2.84. The molecule has 0 aliphatic carbocycles. The number of benzene rings is 2. The zero-order valence-electron chi connectivity index (χ0n) is 15.4. The summed E-state index contributed by atoms with van der Waals surface area (Å²) in [7, 11) is 0. The van der Waals surface area contributed by atoms with Crippen molar-refractivity contribution in [2.24, 2.45) is 0 Å². The van der Waals surface area contributed by atoms with E-state index in [1.165, 1.54) is 16.7 Å². The monoisotopic (exact) mass is 322 g/mol. The third-order valence-corrected chi connectivity index (χ3v) is 5.07. The Bertz CT molecular complexity index is 800. The minimum Gasteiger partial charge on any atom is -0.425 e. The topological polar surface area (TPSA) is 26.3 Å². The highest BCUT2D eigenvalue weighted by molar-refractivity contribution is 5.90. The van der Waals surface area contributed by atoms with Crippen LogP contribution in [0.4, 0.5) is 0 Å². The highest BCUT2D eigenvalue weighted by Crippen LogP contribution is 2.45. The van der Waals surface area contributed by atoms with Gasteiger partial charge in [0.05, 0.1) is 0 Å². The molecule has 0 bridgehead atoms. The van der Waals surface area contributed by atoms with Gasteiger partial charge in [-0.2, -0.15) is 0 Å².